The second-order valence-electron chi connectivity index (χ2n) is 6.15. The number of benzene rings is 2. The minimum atomic E-state index is -5.07. The van der Waals surface area contributed by atoms with Crippen LogP contribution in [-0.4, -0.2) is 25.9 Å². The molecular formula is C18H15F6N3O2. The molecule has 0 atom stereocenters. The van der Waals surface area contributed by atoms with Crippen LogP contribution in [0.15, 0.2) is 42.5 Å². The summed E-state index contributed by atoms with van der Waals surface area (Å²) in [6, 6.07) is 6.84. The molecule has 0 unspecified atom stereocenters. The van der Waals surface area contributed by atoms with Crippen LogP contribution in [-0.2, 0) is 21.9 Å². The standard InChI is InChI=1S/C18H15F6N3O2/c1-27(2)14-5-3-4-12(9-14)25-15(28)16(29)26-13-7-10(17(19,20)21)6-11(8-13)18(22,23)24/h3-9H,1-2H3,(H,25,28)(H,26,29). The number of hydrogen-bond acceptors (Lipinski definition) is 3. The molecule has 0 heterocycles. The highest BCUT2D eigenvalue weighted by Crippen LogP contribution is 2.37. The minimum Gasteiger partial charge on any atom is -0.378 e. The third-order valence-electron chi connectivity index (χ3n) is 3.67. The Morgan fingerprint density at radius 1 is 0.759 bits per heavy atom. The predicted molar refractivity (Wildman–Crippen MR) is 94.5 cm³/mol. The summed E-state index contributed by atoms with van der Waals surface area (Å²) in [5.41, 5.74) is -3.12. The van der Waals surface area contributed by atoms with E-state index in [0.717, 1.165) is 0 Å². The Balaban J connectivity index is 2.23. The minimum absolute atomic E-state index is 0.0809. The highest BCUT2D eigenvalue weighted by Gasteiger charge is 2.37. The molecule has 2 aromatic rings. The first kappa shape index (κ1) is 22.1. The van der Waals surface area contributed by atoms with Gasteiger partial charge in [0.25, 0.3) is 0 Å². The zero-order valence-electron chi connectivity index (χ0n) is 15.1. The van der Waals surface area contributed by atoms with E-state index in [9.17, 15) is 35.9 Å². The van der Waals surface area contributed by atoms with E-state index in [2.05, 4.69) is 5.32 Å². The van der Waals surface area contributed by atoms with Crippen LogP contribution in [0.25, 0.3) is 0 Å². The zero-order chi connectivity index (χ0) is 22.0. The second kappa shape index (κ2) is 8.02. The molecule has 2 N–H and O–H groups in total. The van der Waals surface area contributed by atoms with Gasteiger partial charge >= 0.3 is 24.2 Å². The highest BCUT2D eigenvalue weighted by molar-refractivity contribution is 6.43. The lowest BCUT2D eigenvalue weighted by atomic mass is 10.1. The van der Waals surface area contributed by atoms with Crippen molar-refractivity contribution in [3.63, 3.8) is 0 Å². The molecule has 0 aliphatic carbocycles. The molecule has 0 aromatic heterocycles. The van der Waals surface area contributed by atoms with Gasteiger partial charge in [-0.15, -0.1) is 0 Å². The van der Waals surface area contributed by atoms with E-state index in [4.69, 9.17) is 0 Å². The summed E-state index contributed by atoms with van der Waals surface area (Å²) in [5, 5.41) is 3.99. The maximum absolute atomic E-state index is 12.9. The zero-order valence-corrected chi connectivity index (χ0v) is 15.1. The molecule has 156 valence electrons. The van der Waals surface area contributed by atoms with Crippen LogP contribution in [0.2, 0.25) is 0 Å². The highest BCUT2D eigenvalue weighted by atomic mass is 19.4. The fourth-order valence-electron chi connectivity index (χ4n) is 2.26. The lowest BCUT2D eigenvalue weighted by Crippen LogP contribution is -2.29. The molecule has 11 heteroatoms. The Hall–Kier alpha value is -3.24. The van der Waals surface area contributed by atoms with Crippen molar-refractivity contribution in [2.45, 2.75) is 12.4 Å². The normalized spacial score (nSPS) is 11.7. The summed E-state index contributed by atoms with van der Waals surface area (Å²) in [6.07, 6.45) is -10.1. The van der Waals surface area contributed by atoms with Gasteiger partial charge in [0.2, 0.25) is 0 Å². The molecule has 2 aromatic carbocycles. The number of halogens is 6. The van der Waals surface area contributed by atoms with E-state index < -0.39 is 41.0 Å². The summed E-state index contributed by atoms with van der Waals surface area (Å²) in [5.74, 6) is -2.68. The molecular weight excluding hydrogens is 404 g/mol. The Bertz CT molecular complexity index is 890. The van der Waals surface area contributed by atoms with Gasteiger partial charge in [0.1, 0.15) is 0 Å². The monoisotopic (exact) mass is 419 g/mol. The Labute approximate surface area is 161 Å². The smallest absolute Gasteiger partial charge is 0.378 e. The average molecular weight is 419 g/mol. The van der Waals surface area contributed by atoms with Gasteiger partial charge in [0.05, 0.1) is 11.1 Å². The molecule has 5 nitrogen and oxygen atoms in total. The van der Waals surface area contributed by atoms with E-state index in [1.165, 1.54) is 12.1 Å². The number of carbonyl (C=O) groups excluding carboxylic acids is 2. The number of amides is 2. The number of alkyl halides is 6. The number of hydrogen-bond donors (Lipinski definition) is 2. The van der Waals surface area contributed by atoms with Crippen molar-refractivity contribution in [2.24, 2.45) is 0 Å². The summed E-state index contributed by atoms with van der Waals surface area (Å²) in [6.45, 7) is 0. The Morgan fingerprint density at radius 3 is 1.69 bits per heavy atom. The predicted octanol–water partition coefficient (Wildman–Crippen LogP) is 4.37. The van der Waals surface area contributed by atoms with Crippen LogP contribution in [0, 0.1) is 0 Å². The molecule has 0 spiro atoms. The molecule has 2 rings (SSSR count). The molecule has 0 saturated heterocycles. The van der Waals surface area contributed by atoms with Crippen LogP contribution >= 0.6 is 0 Å². The van der Waals surface area contributed by atoms with Crippen molar-refractivity contribution in [3.05, 3.63) is 53.6 Å². The molecule has 0 aliphatic heterocycles. The van der Waals surface area contributed by atoms with Gasteiger partial charge in [-0.1, -0.05) is 6.07 Å². The Kier molecular flexibility index (Phi) is 6.10. The number of anilines is 3. The Morgan fingerprint density at radius 2 is 1.24 bits per heavy atom. The quantitative estimate of drug-likeness (QED) is 0.574. The molecule has 2 amide bonds. The second-order valence-corrected chi connectivity index (χ2v) is 6.15. The summed E-state index contributed by atoms with van der Waals surface area (Å²) >= 11 is 0. The van der Waals surface area contributed by atoms with E-state index in [-0.39, 0.29) is 11.8 Å². The summed E-state index contributed by atoms with van der Waals surface area (Å²) in [7, 11) is 3.47. The first-order valence-electron chi connectivity index (χ1n) is 7.96. The molecule has 0 fully saturated rings. The average Bonchev–Trinajstić information content (AvgIpc) is 2.60. The molecule has 0 bridgehead atoms. The van der Waals surface area contributed by atoms with Crippen molar-refractivity contribution in [1.82, 2.24) is 0 Å². The topological polar surface area (TPSA) is 61.4 Å². The van der Waals surface area contributed by atoms with Crippen LogP contribution < -0.4 is 15.5 Å². The van der Waals surface area contributed by atoms with Crippen molar-refractivity contribution in [1.29, 1.82) is 0 Å². The van der Waals surface area contributed by atoms with Gasteiger partial charge in [-0.05, 0) is 36.4 Å². The largest absolute Gasteiger partial charge is 0.416 e. The van der Waals surface area contributed by atoms with Gasteiger partial charge in [-0.2, -0.15) is 26.3 Å². The van der Waals surface area contributed by atoms with Gasteiger partial charge in [0, 0.05) is 31.2 Å². The molecule has 0 saturated carbocycles. The van der Waals surface area contributed by atoms with Crippen LogP contribution in [0.4, 0.5) is 43.4 Å². The lowest BCUT2D eigenvalue weighted by molar-refractivity contribution is -0.143. The maximum atomic E-state index is 12.9. The molecule has 0 radical (unpaired) electrons. The van der Waals surface area contributed by atoms with Gasteiger partial charge < -0.3 is 15.5 Å². The van der Waals surface area contributed by atoms with E-state index in [0.29, 0.717) is 17.8 Å². The van der Waals surface area contributed by atoms with Crippen LogP contribution in [0.1, 0.15) is 11.1 Å². The fourth-order valence-corrected chi connectivity index (χ4v) is 2.26. The van der Waals surface area contributed by atoms with Gasteiger partial charge in [0.15, 0.2) is 0 Å². The molecule has 29 heavy (non-hydrogen) atoms. The number of carbonyl (C=O) groups is 2. The number of rotatable bonds is 3. The van der Waals surface area contributed by atoms with E-state index >= 15 is 0 Å². The van der Waals surface area contributed by atoms with Crippen molar-refractivity contribution < 1.29 is 35.9 Å². The van der Waals surface area contributed by atoms with Gasteiger partial charge in [-0.3, -0.25) is 9.59 Å². The SMILES string of the molecule is CN(C)c1cccc(NC(=O)C(=O)Nc2cc(C(F)(F)F)cc(C(F)(F)F)c2)c1. The van der Waals surface area contributed by atoms with Crippen LogP contribution in [0.5, 0.6) is 0 Å². The van der Waals surface area contributed by atoms with Crippen LogP contribution in [0.3, 0.4) is 0 Å². The first-order chi connectivity index (χ1) is 13.3. The molecule has 0 aliphatic rings. The van der Waals surface area contributed by atoms with Crippen molar-refractivity contribution in [2.75, 3.05) is 29.6 Å². The van der Waals surface area contributed by atoms with Crippen molar-refractivity contribution >= 4 is 28.9 Å². The number of nitrogens with zero attached hydrogens (tertiary/aromatic N) is 1. The van der Waals surface area contributed by atoms with Gasteiger partial charge in [-0.25, -0.2) is 0 Å². The lowest BCUT2D eigenvalue weighted by Gasteiger charge is -2.15. The summed E-state index contributed by atoms with van der Waals surface area (Å²) < 4.78 is 77.2. The fraction of sp³-hybridized carbons (Fsp3) is 0.222. The third kappa shape index (κ3) is 5.87. The number of nitrogens with one attached hydrogen (secondary N) is 2. The summed E-state index contributed by atoms with van der Waals surface area (Å²) in [4.78, 5) is 25.7. The van der Waals surface area contributed by atoms with E-state index in [1.807, 2.05) is 0 Å². The van der Waals surface area contributed by atoms with E-state index in [1.54, 1.807) is 36.4 Å². The third-order valence-corrected chi connectivity index (χ3v) is 3.67. The van der Waals surface area contributed by atoms with Crippen molar-refractivity contribution in [3.8, 4) is 0 Å². The maximum Gasteiger partial charge on any atom is 0.416 e. The first-order valence-corrected chi connectivity index (χ1v) is 7.96.